The zero-order valence-corrected chi connectivity index (χ0v) is 13.7. The number of nitrogens with zero attached hydrogens (tertiary/aromatic N) is 1. The molecule has 2 rings (SSSR count). The number of benzene rings is 2. The quantitative estimate of drug-likeness (QED) is 0.493. The molecule has 6 heteroatoms. The molecule has 0 saturated carbocycles. The van der Waals surface area contributed by atoms with Crippen molar-refractivity contribution in [3.8, 4) is 11.5 Å². The second kappa shape index (κ2) is 7.33. The van der Waals surface area contributed by atoms with Gasteiger partial charge in [-0.1, -0.05) is 29.8 Å². The average molecular weight is 370 g/mol. The fraction of sp³-hybridized carbons (Fsp3) is 0.133. The Morgan fingerprint density at radius 1 is 1.33 bits per heavy atom. The highest BCUT2D eigenvalue weighted by molar-refractivity contribution is 9.10. The Morgan fingerprint density at radius 3 is 2.76 bits per heavy atom. The minimum atomic E-state index is 0.346. The molecule has 0 aliphatic heterocycles. The van der Waals surface area contributed by atoms with Crippen LogP contribution in [0.1, 0.15) is 11.1 Å². The lowest BCUT2D eigenvalue weighted by Gasteiger charge is -2.14. The molecule has 2 aromatic rings. The molecule has 0 amide bonds. The maximum Gasteiger partial charge on any atom is 0.175 e. The van der Waals surface area contributed by atoms with Crippen LogP contribution in [-0.2, 0) is 6.61 Å². The van der Waals surface area contributed by atoms with E-state index in [2.05, 4.69) is 21.0 Å². The summed E-state index contributed by atoms with van der Waals surface area (Å²) in [4.78, 5) is 0. The average Bonchev–Trinajstić information content (AvgIpc) is 2.47. The van der Waals surface area contributed by atoms with E-state index in [0.717, 1.165) is 15.6 Å². The number of ether oxygens (including phenoxy) is 2. The Bertz CT molecular complexity index is 662. The maximum atomic E-state index is 6.12. The summed E-state index contributed by atoms with van der Waals surface area (Å²) in [6, 6.07) is 11.2. The van der Waals surface area contributed by atoms with Gasteiger partial charge in [-0.05, 0) is 39.7 Å². The summed E-state index contributed by atoms with van der Waals surface area (Å²) in [7, 11) is 1.58. The van der Waals surface area contributed by atoms with Gasteiger partial charge in [0, 0.05) is 10.6 Å². The van der Waals surface area contributed by atoms with E-state index >= 15 is 0 Å². The Hall–Kier alpha value is -1.72. The molecule has 0 aliphatic rings. The van der Waals surface area contributed by atoms with Crippen molar-refractivity contribution in [1.82, 2.24) is 0 Å². The Morgan fingerprint density at radius 2 is 2.10 bits per heavy atom. The van der Waals surface area contributed by atoms with Gasteiger partial charge >= 0.3 is 0 Å². The van der Waals surface area contributed by atoms with Crippen LogP contribution in [0.3, 0.4) is 0 Å². The fourth-order valence-electron chi connectivity index (χ4n) is 1.81. The third kappa shape index (κ3) is 3.89. The predicted octanol–water partition coefficient (Wildman–Crippen LogP) is 3.98. The molecule has 0 bridgehead atoms. The van der Waals surface area contributed by atoms with Crippen LogP contribution in [0, 0.1) is 0 Å². The third-order valence-corrected chi connectivity index (χ3v) is 3.76. The Balaban J connectivity index is 2.25. The van der Waals surface area contributed by atoms with E-state index in [0.29, 0.717) is 23.1 Å². The maximum absolute atomic E-state index is 6.12. The van der Waals surface area contributed by atoms with Crippen LogP contribution in [0.2, 0.25) is 5.02 Å². The highest BCUT2D eigenvalue weighted by atomic mass is 79.9. The first kappa shape index (κ1) is 15.7. The number of hydrogen-bond acceptors (Lipinski definition) is 4. The van der Waals surface area contributed by atoms with Gasteiger partial charge in [0.1, 0.15) is 6.61 Å². The predicted molar refractivity (Wildman–Crippen MR) is 88.3 cm³/mol. The Kier molecular flexibility index (Phi) is 5.47. The van der Waals surface area contributed by atoms with Gasteiger partial charge in [0.2, 0.25) is 0 Å². The minimum Gasteiger partial charge on any atom is -0.493 e. The summed E-state index contributed by atoms with van der Waals surface area (Å²) in [5, 5.41) is 4.16. The third-order valence-electron chi connectivity index (χ3n) is 2.81. The van der Waals surface area contributed by atoms with Crippen molar-refractivity contribution in [2.24, 2.45) is 10.9 Å². The first-order valence-electron chi connectivity index (χ1n) is 6.12. The van der Waals surface area contributed by atoms with Crippen molar-refractivity contribution in [2.45, 2.75) is 6.61 Å². The molecule has 0 aliphatic carbocycles. The summed E-state index contributed by atoms with van der Waals surface area (Å²) in [6.45, 7) is 0.346. The lowest BCUT2D eigenvalue weighted by atomic mass is 10.2. The smallest absolute Gasteiger partial charge is 0.175 e. The molecule has 0 spiro atoms. The van der Waals surface area contributed by atoms with Crippen LogP contribution < -0.4 is 15.3 Å². The van der Waals surface area contributed by atoms with Crippen LogP contribution in [0.15, 0.2) is 46.0 Å². The van der Waals surface area contributed by atoms with Crippen molar-refractivity contribution in [3.63, 3.8) is 0 Å². The van der Waals surface area contributed by atoms with Crippen LogP contribution in [0.5, 0.6) is 11.5 Å². The Labute approximate surface area is 136 Å². The summed E-state index contributed by atoms with van der Waals surface area (Å²) >= 11 is 9.58. The SMILES string of the molecule is COc1cc(C=NN)cc(Br)c1OCc1ccccc1Cl. The van der Waals surface area contributed by atoms with E-state index in [-0.39, 0.29) is 0 Å². The lowest BCUT2D eigenvalue weighted by molar-refractivity contribution is 0.282. The van der Waals surface area contributed by atoms with Gasteiger partial charge in [0.25, 0.3) is 0 Å². The van der Waals surface area contributed by atoms with Gasteiger partial charge < -0.3 is 15.3 Å². The molecule has 0 unspecified atom stereocenters. The van der Waals surface area contributed by atoms with Gasteiger partial charge in [-0.2, -0.15) is 5.10 Å². The number of methoxy groups -OCH3 is 1. The van der Waals surface area contributed by atoms with E-state index in [4.69, 9.17) is 26.9 Å². The van der Waals surface area contributed by atoms with Crippen LogP contribution in [0.25, 0.3) is 0 Å². The fourth-order valence-corrected chi connectivity index (χ4v) is 2.57. The number of hydrogen-bond donors (Lipinski definition) is 1. The zero-order valence-electron chi connectivity index (χ0n) is 11.3. The summed E-state index contributed by atoms with van der Waals surface area (Å²) in [5.74, 6) is 6.35. The molecule has 2 N–H and O–H groups in total. The van der Waals surface area contributed by atoms with Crippen molar-refractivity contribution < 1.29 is 9.47 Å². The van der Waals surface area contributed by atoms with Gasteiger partial charge in [-0.15, -0.1) is 0 Å². The van der Waals surface area contributed by atoms with Crippen LogP contribution in [0.4, 0.5) is 0 Å². The molecule has 21 heavy (non-hydrogen) atoms. The van der Waals surface area contributed by atoms with Crippen molar-refractivity contribution >= 4 is 33.7 Å². The number of rotatable bonds is 5. The normalized spacial score (nSPS) is 10.8. The highest BCUT2D eigenvalue weighted by Gasteiger charge is 2.12. The largest absolute Gasteiger partial charge is 0.493 e. The first-order valence-corrected chi connectivity index (χ1v) is 7.29. The standard InChI is InChI=1S/C15H14BrClN2O2/c1-20-14-7-10(8-19-18)6-12(16)15(14)21-9-11-4-2-3-5-13(11)17/h2-8H,9,18H2,1H3. The van der Waals surface area contributed by atoms with Gasteiger partial charge in [-0.3, -0.25) is 0 Å². The van der Waals surface area contributed by atoms with E-state index < -0.39 is 0 Å². The topological polar surface area (TPSA) is 56.8 Å². The van der Waals surface area contributed by atoms with Crippen LogP contribution >= 0.6 is 27.5 Å². The summed E-state index contributed by atoms with van der Waals surface area (Å²) < 4.78 is 11.9. The molecule has 4 nitrogen and oxygen atoms in total. The summed E-state index contributed by atoms with van der Waals surface area (Å²) in [6.07, 6.45) is 1.53. The second-order valence-corrected chi connectivity index (χ2v) is 5.45. The van der Waals surface area contributed by atoms with Crippen LogP contribution in [-0.4, -0.2) is 13.3 Å². The lowest BCUT2D eigenvalue weighted by Crippen LogP contribution is -2.00. The van der Waals surface area contributed by atoms with Gasteiger partial charge in [0.15, 0.2) is 11.5 Å². The van der Waals surface area contributed by atoms with E-state index in [1.807, 2.05) is 30.3 Å². The molecule has 0 aromatic heterocycles. The highest BCUT2D eigenvalue weighted by Crippen LogP contribution is 2.37. The van der Waals surface area contributed by atoms with Gasteiger partial charge in [0.05, 0.1) is 17.8 Å². The monoisotopic (exact) mass is 368 g/mol. The van der Waals surface area contributed by atoms with Crippen molar-refractivity contribution in [3.05, 3.63) is 57.0 Å². The van der Waals surface area contributed by atoms with Gasteiger partial charge in [-0.25, -0.2) is 0 Å². The number of halogens is 2. The number of nitrogens with two attached hydrogens (primary N) is 1. The molecular formula is C15H14BrClN2O2. The molecule has 110 valence electrons. The molecule has 0 heterocycles. The molecule has 0 saturated heterocycles. The summed E-state index contributed by atoms with van der Waals surface area (Å²) in [5.41, 5.74) is 1.71. The second-order valence-electron chi connectivity index (χ2n) is 4.19. The van der Waals surface area contributed by atoms with E-state index in [9.17, 15) is 0 Å². The molecule has 0 radical (unpaired) electrons. The minimum absolute atomic E-state index is 0.346. The molecular weight excluding hydrogens is 356 g/mol. The first-order chi connectivity index (χ1) is 10.2. The van der Waals surface area contributed by atoms with E-state index in [1.165, 1.54) is 6.21 Å². The molecule has 0 fully saturated rings. The zero-order chi connectivity index (χ0) is 15.2. The van der Waals surface area contributed by atoms with E-state index in [1.54, 1.807) is 13.2 Å². The molecule has 2 aromatic carbocycles. The molecule has 0 atom stereocenters. The van der Waals surface area contributed by atoms with Crippen molar-refractivity contribution in [2.75, 3.05) is 7.11 Å². The van der Waals surface area contributed by atoms with Crippen molar-refractivity contribution in [1.29, 1.82) is 0 Å². The number of hydrazone groups is 1.